The molecule has 5 nitrogen and oxygen atoms in total. The van der Waals surface area contributed by atoms with Gasteiger partial charge in [0.1, 0.15) is 0 Å². The molecule has 0 heterocycles. The van der Waals surface area contributed by atoms with Crippen molar-refractivity contribution in [3.8, 4) is 0 Å². The van der Waals surface area contributed by atoms with E-state index in [1.807, 2.05) is 0 Å². The Balaban J connectivity index is 2.73. The molecule has 0 aliphatic rings. The van der Waals surface area contributed by atoms with Crippen LogP contribution < -0.4 is 5.73 Å². The molecule has 0 saturated heterocycles. The van der Waals surface area contributed by atoms with Crippen LogP contribution in [0, 0.1) is 0 Å². The zero-order valence-electron chi connectivity index (χ0n) is 10.7. The molecular weight excluding hydrogens is 252 g/mol. The number of anilines is 1. The van der Waals surface area contributed by atoms with Crippen molar-refractivity contribution in [1.29, 1.82) is 0 Å². The van der Waals surface area contributed by atoms with Crippen molar-refractivity contribution in [1.82, 2.24) is 4.31 Å². The van der Waals surface area contributed by atoms with Gasteiger partial charge in [-0.25, -0.2) is 12.7 Å². The maximum atomic E-state index is 12.1. The van der Waals surface area contributed by atoms with Crippen molar-refractivity contribution in [2.75, 3.05) is 19.3 Å². The molecule has 1 atom stereocenters. The third-order valence-electron chi connectivity index (χ3n) is 2.73. The van der Waals surface area contributed by atoms with Crippen LogP contribution in [0.15, 0.2) is 24.3 Å². The molecule has 0 bridgehead atoms. The predicted octanol–water partition coefficient (Wildman–Crippen LogP) is 0.801. The van der Waals surface area contributed by atoms with Crippen LogP contribution in [0.2, 0.25) is 0 Å². The molecule has 0 aromatic heterocycles. The Kier molecular flexibility index (Phi) is 5.13. The van der Waals surface area contributed by atoms with Crippen molar-refractivity contribution in [3.63, 3.8) is 0 Å². The summed E-state index contributed by atoms with van der Waals surface area (Å²) in [6.45, 7) is 1.93. The van der Waals surface area contributed by atoms with Gasteiger partial charge in [0.15, 0.2) is 0 Å². The first kappa shape index (κ1) is 14.9. The molecule has 0 saturated carbocycles. The highest BCUT2D eigenvalue weighted by molar-refractivity contribution is 7.88. The van der Waals surface area contributed by atoms with Crippen LogP contribution in [0.4, 0.5) is 5.69 Å². The Morgan fingerprint density at radius 2 is 2.00 bits per heavy atom. The third kappa shape index (κ3) is 4.29. The highest BCUT2D eigenvalue weighted by Crippen LogP contribution is 2.16. The Hall–Kier alpha value is -1.11. The summed E-state index contributed by atoms with van der Waals surface area (Å²) in [6, 6.07) is 6.91. The van der Waals surface area contributed by atoms with E-state index < -0.39 is 16.1 Å². The summed E-state index contributed by atoms with van der Waals surface area (Å²) in [7, 11) is -1.88. The van der Waals surface area contributed by atoms with Crippen LogP contribution >= 0.6 is 0 Å². The summed E-state index contributed by atoms with van der Waals surface area (Å²) in [6.07, 6.45) is -0.0931. The van der Waals surface area contributed by atoms with Gasteiger partial charge in [-0.3, -0.25) is 0 Å². The van der Waals surface area contributed by atoms with Crippen molar-refractivity contribution in [2.24, 2.45) is 0 Å². The maximum Gasteiger partial charge on any atom is 0.218 e. The van der Waals surface area contributed by atoms with Gasteiger partial charge in [0.05, 0.1) is 11.9 Å². The number of aliphatic hydroxyl groups excluding tert-OH is 1. The molecule has 18 heavy (non-hydrogen) atoms. The number of sulfonamides is 1. The lowest BCUT2D eigenvalue weighted by molar-refractivity contribution is 0.177. The van der Waals surface area contributed by atoms with Gasteiger partial charge in [0, 0.05) is 19.3 Å². The zero-order valence-corrected chi connectivity index (χ0v) is 11.5. The van der Waals surface area contributed by atoms with E-state index >= 15 is 0 Å². The second kappa shape index (κ2) is 6.17. The Bertz CT molecular complexity index is 486. The molecule has 6 heteroatoms. The van der Waals surface area contributed by atoms with E-state index in [1.165, 1.54) is 11.4 Å². The molecule has 1 unspecified atom stereocenters. The smallest absolute Gasteiger partial charge is 0.218 e. The van der Waals surface area contributed by atoms with Crippen LogP contribution in [-0.4, -0.2) is 37.5 Å². The van der Waals surface area contributed by atoms with Gasteiger partial charge in [0.2, 0.25) is 10.0 Å². The van der Waals surface area contributed by atoms with Crippen molar-refractivity contribution < 1.29 is 13.5 Å². The number of para-hydroxylation sites is 1. The molecule has 0 aliphatic carbocycles. The second-order valence-electron chi connectivity index (χ2n) is 4.41. The van der Waals surface area contributed by atoms with E-state index in [-0.39, 0.29) is 5.75 Å². The number of nitrogen functional groups attached to an aromatic ring is 1. The molecule has 3 N–H and O–H groups in total. The Morgan fingerprint density at radius 3 is 2.56 bits per heavy atom. The van der Waals surface area contributed by atoms with E-state index in [0.717, 1.165) is 0 Å². The van der Waals surface area contributed by atoms with Gasteiger partial charge in [-0.1, -0.05) is 18.2 Å². The van der Waals surface area contributed by atoms with E-state index in [2.05, 4.69) is 0 Å². The number of aliphatic hydroxyl groups is 1. The quantitative estimate of drug-likeness (QED) is 0.750. The minimum atomic E-state index is -3.39. The third-order valence-corrected chi connectivity index (χ3v) is 4.54. The monoisotopic (exact) mass is 272 g/mol. The Labute approximate surface area is 108 Å². The lowest BCUT2D eigenvalue weighted by Crippen LogP contribution is -2.30. The molecule has 102 valence electrons. The van der Waals surface area contributed by atoms with Crippen molar-refractivity contribution in [3.05, 3.63) is 29.8 Å². The number of benzene rings is 1. The summed E-state index contributed by atoms with van der Waals surface area (Å²) in [5.74, 6) is -0.115. The molecule has 0 spiro atoms. The summed E-state index contributed by atoms with van der Waals surface area (Å²) >= 11 is 0. The zero-order chi connectivity index (χ0) is 13.8. The fourth-order valence-electron chi connectivity index (χ4n) is 1.48. The normalized spacial score (nSPS) is 13.8. The van der Waals surface area contributed by atoms with Crippen LogP contribution in [0.1, 0.15) is 18.9 Å². The van der Waals surface area contributed by atoms with E-state index in [1.54, 1.807) is 31.2 Å². The first-order chi connectivity index (χ1) is 8.33. The summed E-state index contributed by atoms with van der Waals surface area (Å²) < 4.78 is 25.4. The fraction of sp³-hybridized carbons (Fsp3) is 0.500. The number of rotatable bonds is 6. The van der Waals surface area contributed by atoms with Gasteiger partial charge < -0.3 is 10.8 Å². The molecule has 1 aromatic carbocycles. The van der Waals surface area contributed by atoms with Crippen LogP contribution in [0.25, 0.3) is 0 Å². The molecule has 0 amide bonds. The SMILES string of the molecule is CC(O)CCN(C)S(=O)(=O)Cc1ccccc1N. The predicted molar refractivity (Wildman–Crippen MR) is 72.4 cm³/mol. The average molecular weight is 272 g/mol. The standard InChI is InChI=1S/C12H20N2O3S/c1-10(15)7-8-14(2)18(16,17)9-11-5-3-4-6-12(11)13/h3-6,10,15H,7-9,13H2,1-2H3. The summed E-state index contributed by atoms with van der Waals surface area (Å²) in [5, 5.41) is 9.16. The Morgan fingerprint density at radius 1 is 1.39 bits per heavy atom. The van der Waals surface area contributed by atoms with Crippen molar-refractivity contribution in [2.45, 2.75) is 25.2 Å². The van der Waals surface area contributed by atoms with Crippen LogP contribution in [0.5, 0.6) is 0 Å². The largest absolute Gasteiger partial charge is 0.398 e. The molecule has 0 aliphatic heterocycles. The van der Waals surface area contributed by atoms with Crippen LogP contribution in [0.3, 0.4) is 0 Å². The molecule has 1 rings (SSSR count). The van der Waals surface area contributed by atoms with Gasteiger partial charge in [-0.2, -0.15) is 0 Å². The summed E-state index contributed by atoms with van der Waals surface area (Å²) in [5.41, 5.74) is 6.80. The first-order valence-electron chi connectivity index (χ1n) is 5.78. The maximum absolute atomic E-state index is 12.1. The van der Waals surface area contributed by atoms with E-state index in [0.29, 0.717) is 24.2 Å². The molecular formula is C12H20N2O3S. The van der Waals surface area contributed by atoms with Crippen LogP contribution in [-0.2, 0) is 15.8 Å². The highest BCUT2D eigenvalue weighted by Gasteiger charge is 2.19. The van der Waals surface area contributed by atoms with Gasteiger partial charge >= 0.3 is 0 Å². The molecule has 0 fully saturated rings. The first-order valence-corrected chi connectivity index (χ1v) is 7.39. The highest BCUT2D eigenvalue weighted by atomic mass is 32.2. The number of hydrogen-bond donors (Lipinski definition) is 2. The number of nitrogens with zero attached hydrogens (tertiary/aromatic N) is 1. The van der Waals surface area contributed by atoms with E-state index in [9.17, 15) is 8.42 Å². The van der Waals surface area contributed by atoms with Gasteiger partial charge in [0.25, 0.3) is 0 Å². The lowest BCUT2D eigenvalue weighted by Gasteiger charge is -2.18. The average Bonchev–Trinajstić information content (AvgIpc) is 2.28. The van der Waals surface area contributed by atoms with Gasteiger partial charge in [-0.15, -0.1) is 0 Å². The van der Waals surface area contributed by atoms with Gasteiger partial charge in [-0.05, 0) is 25.0 Å². The van der Waals surface area contributed by atoms with Crippen molar-refractivity contribution >= 4 is 15.7 Å². The lowest BCUT2D eigenvalue weighted by atomic mass is 10.2. The summed E-state index contributed by atoms with van der Waals surface area (Å²) in [4.78, 5) is 0. The van der Waals surface area contributed by atoms with E-state index in [4.69, 9.17) is 10.8 Å². The number of hydrogen-bond acceptors (Lipinski definition) is 4. The minimum Gasteiger partial charge on any atom is -0.398 e. The number of nitrogens with two attached hydrogens (primary N) is 1. The molecule has 0 radical (unpaired) electrons. The fourth-order valence-corrected chi connectivity index (χ4v) is 2.74. The topological polar surface area (TPSA) is 83.6 Å². The second-order valence-corrected chi connectivity index (χ2v) is 6.49. The minimum absolute atomic E-state index is 0.115. The molecule has 1 aromatic rings.